The maximum Gasteiger partial charge on any atom is 0.202 e. The van der Waals surface area contributed by atoms with Gasteiger partial charge in [-0.25, -0.2) is 0 Å². The lowest BCUT2D eigenvalue weighted by atomic mass is 10.2. The Kier molecular flexibility index (Phi) is 8.25. The van der Waals surface area contributed by atoms with Crippen LogP contribution in [-0.2, 0) is 4.79 Å². The number of unbranched alkanes of at least 4 members (excludes halogenated alkanes) is 3. The molecule has 0 aromatic rings. The van der Waals surface area contributed by atoms with Gasteiger partial charge in [-0.3, -0.25) is 4.79 Å². The van der Waals surface area contributed by atoms with E-state index in [-0.39, 0.29) is 11.5 Å². The largest absolute Gasteiger partial charge is 0.286 e. The lowest BCUT2D eigenvalue weighted by molar-refractivity contribution is -0.110. The first-order valence-electron chi connectivity index (χ1n) is 4.33. The SMILES string of the molecule is CCCCCCSC(=O)CC#N. The van der Waals surface area contributed by atoms with E-state index in [4.69, 9.17) is 5.26 Å². The third-order valence-corrected chi connectivity index (χ3v) is 2.44. The number of rotatable bonds is 6. The van der Waals surface area contributed by atoms with Crippen LogP contribution in [0.1, 0.15) is 39.0 Å². The van der Waals surface area contributed by atoms with Gasteiger partial charge in [0.25, 0.3) is 0 Å². The van der Waals surface area contributed by atoms with Crippen molar-refractivity contribution < 1.29 is 4.79 Å². The van der Waals surface area contributed by atoms with Crippen molar-refractivity contribution in [1.29, 1.82) is 5.26 Å². The highest BCUT2D eigenvalue weighted by molar-refractivity contribution is 8.13. The van der Waals surface area contributed by atoms with E-state index in [2.05, 4.69) is 6.92 Å². The Balaban J connectivity index is 3.10. The maximum atomic E-state index is 10.8. The van der Waals surface area contributed by atoms with Crippen molar-refractivity contribution in [3.8, 4) is 6.07 Å². The van der Waals surface area contributed by atoms with Crippen molar-refractivity contribution >= 4 is 16.9 Å². The summed E-state index contributed by atoms with van der Waals surface area (Å²) in [4.78, 5) is 10.8. The van der Waals surface area contributed by atoms with Crippen LogP contribution < -0.4 is 0 Å². The molecule has 12 heavy (non-hydrogen) atoms. The fourth-order valence-electron chi connectivity index (χ4n) is 0.830. The zero-order chi connectivity index (χ0) is 9.23. The smallest absolute Gasteiger partial charge is 0.202 e. The highest BCUT2D eigenvalue weighted by Crippen LogP contribution is 2.09. The van der Waals surface area contributed by atoms with Crippen molar-refractivity contribution in [2.45, 2.75) is 39.0 Å². The van der Waals surface area contributed by atoms with E-state index >= 15 is 0 Å². The topological polar surface area (TPSA) is 40.9 Å². The van der Waals surface area contributed by atoms with Crippen LogP contribution in [0.2, 0.25) is 0 Å². The number of nitrogens with zero attached hydrogens (tertiary/aromatic N) is 1. The quantitative estimate of drug-likeness (QED) is 0.597. The summed E-state index contributed by atoms with van der Waals surface area (Å²) in [5.74, 6) is 0.876. The van der Waals surface area contributed by atoms with E-state index in [0.717, 1.165) is 12.2 Å². The maximum absolute atomic E-state index is 10.8. The van der Waals surface area contributed by atoms with Crippen LogP contribution >= 0.6 is 11.8 Å². The first kappa shape index (κ1) is 11.5. The molecule has 68 valence electrons. The summed E-state index contributed by atoms with van der Waals surface area (Å²) in [6, 6.07) is 1.85. The number of carbonyl (C=O) groups excluding carboxylic acids is 1. The van der Waals surface area contributed by atoms with Crippen molar-refractivity contribution in [3.05, 3.63) is 0 Å². The number of hydrogen-bond donors (Lipinski definition) is 0. The molecule has 0 bridgehead atoms. The van der Waals surface area contributed by atoms with E-state index in [0.29, 0.717) is 0 Å². The monoisotopic (exact) mass is 185 g/mol. The summed E-state index contributed by atoms with van der Waals surface area (Å²) in [7, 11) is 0. The number of nitriles is 1. The molecule has 0 rings (SSSR count). The molecule has 0 radical (unpaired) electrons. The molecular formula is C9H15NOS. The summed E-state index contributed by atoms with van der Waals surface area (Å²) in [6.07, 6.45) is 4.81. The molecule has 0 atom stereocenters. The Morgan fingerprint density at radius 2 is 2.17 bits per heavy atom. The Labute approximate surface area is 78.3 Å². The molecule has 3 heteroatoms. The van der Waals surface area contributed by atoms with Gasteiger partial charge in [-0.05, 0) is 6.42 Å². The minimum Gasteiger partial charge on any atom is -0.286 e. The van der Waals surface area contributed by atoms with Crippen LogP contribution in [0.5, 0.6) is 0 Å². The molecule has 0 heterocycles. The first-order valence-corrected chi connectivity index (χ1v) is 5.32. The van der Waals surface area contributed by atoms with Crippen LogP contribution in [0.3, 0.4) is 0 Å². The minimum atomic E-state index is 0.00833. The van der Waals surface area contributed by atoms with Gasteiger partial charge in [-0.15, -0.1) is 0 Å². The Bertz CT molecular complexity index is 162. The zero-order valence-electron chi connectivity index (χ0n) is 7.51. The molecule has 0 spiro atoms. The van der Waals surface area contributed by atoms with Gasteiger partial charge in [-0.1, -0.05) is 37.9 Å². The molecular weight excluding hydrogens is 170 g/mol. The van der Waals surface area contributed by atoms with E-state index in [9.17, 15) is 4.79 Å². The minimum absolute atomic E-state index is 0.00833. The Hall–Kier alpha value is -0.490. The van der Waals surface area contributed by atoms with Gasteiger partial charge in [0, 0.05) is 5.75 Å². The zero-order valence-corrected chi connectivity index (χ0v) is 8.32. The summed E-state index contributed by atoms with van der Waals surface area (Å²) < 4.78 is 0. The van der Waals surface area contributed by atoms with E-state index < -0.39 is 0 Å². The van der Waals surface area contributed by atoms with Crippen molar-refractivity contribution in [2.75, 3.05) is 5.75 Å². The molecule has 0 saturated heterocycles. The van der Waals surface area contributed by atoms with Gasteiger partial charge < -0.3 is 0 Å². The lowest BCUT2D eigenvalue weighted by Gasteiger charge is -1.96. The lowest BCUT2D eigenvalue weighted by Crippen LogP contribution is -1.91. The van der Waals surface area contributed by atoms with Gasteiger partial charge in [0.05, 0.1) is 6.07 Å². The second kappa shape index (κ2) is 8.61. The van der Waals surface area contributed by atoms with Gasteiger partial charge in [-0.2, -0.15) is 5.26 Å². The number of carbonyl (C=O) groups is 1. The van der Waals surface area contributed by atoms with Crippen LogP contribution in [0.25, 0.3) is 0 Å². The summed E-state index contributed by atoms with van der Waals surface area (Å²) in [5, 5.41) is 8.20. The van der Waals surface area contributed by atoms with Gasteiger partial charge in [0.1, 0.15) is 6.42 Å². The molecule has 2 nitrogen and oxygen atoms in total. The molecule has 0 N–H and O–H groups in total. The second-order valence-corrected chi connectivity index (χ2v) is 3.77. The Morgan fingerprint density at radius 3 is 2.75 bits per heavy atom. The second-order valence-electron chi connectivity index (χ2n) is 2.62. The fraction of sp³-hybridized carbons (Fsp3) is 0.778. The number of hydrogen-bond acceptors (Lipinski definition) is 3. The average molecular weight is 185 g/mol. The van der Waals surface area contributed by atoms with E-state index in [1.165, 1.54) is 31.0 Å². The summed E-state index contributed by atoms with van der Waals surface area (Å²) >= 11 is 1.29. The highest BCUT2D eigenvalue weighted by Gasteiger charge is 1.99. The van der Waals surface area contributed by atoms with Gasteiger partial charge in [0.15, 0.2) is 0 Å². The third-order valence-electron chi connectivity index (χ3n) is 1.48. The molecule has 0 aromatic heterocycles. The summed E-state index contributed by atoms with van der Waals surface area (Å²) in [5.41, 5.74) is 0. The third kappa shape index (κ3) is 7.62. The van der Waals surface area contributed by atoms with Crippen LogP contribution in [0, 0.1) is 11.3 Å². The molecule has 0 aromatic carbocycles. The number of thioether (sulfide) groups is 1. The molecule has 0 fully saturated rings. The standard InChI is InChI=1S/C9H15NOS/c1-2-3-4-5-8-12-9(11)6-7-10/h2-6,8H2,1H3. The molecule has 0 aliphatic heterocycles. The van der Waals surface area contributed by atoms with Gasteiger partial charge in [0.2, 0.25) is 5.12 Å². The normalized spacial score (nSPS) is 9.33. The van der Waals surface area contributed by atoms with Crippen molar-refractivity contribution in [1.82, 2.24) is 0 Å². The van der Waals surface area contributed by atoms with Gasteiger partial charge >= 0.3 is 0 Å². The summed E-state index contributed by atoms with van der Waals surface area (Å²) in [6.45, 7) is 2.16. The first-order chi connectivity index (χ1) is 5.81. The average Bonchev–Trinajstić information content (AvgIpc) is 2.05. The predicted molar refractivity (Wildman–Crippen MR) is 51.8 cm³/mol. The Morgan fingerprint density at radius 1 is 1.42 bits per heavy atom. The molecule has 0 aliphatic carbocycles. The highest BCUT2D eigenvalue weighted by atomic mass is 32.2. The van der Waals surface area contributed by atoms with E-state index in [1.807, 2.05) is 6.07 Å². The predicted octanol–water partition coefficient (Wildman–Crippen LogP) is 2.74. The van der Waals surface area contributed by atoms with Crippen LogP contribution in [-0.4, -0.2) is 10.9 Å². The molecule has 0 aliphatic rings. The molecule has 0 saturated carbocycles. The van der Waals surface area contributed by atoms with Crippen molar-refractivity contribution in [3.63, 3.8) is 0 Å². The van der Waals surface area contributed by atoms with Crippen molar-refractivity contribution in [2.24, 2.45) is 0 Å². The fourth-order valence-corrected chi connectivity index (χ4v) is 1.57. The molecule has 0 amide bonds. The molecule has 0 unspecified atom stereocenters. The van der Waals surface area contributed by atoms with Crippen LogP contribution in [0.15, 0.2) is 0 Å². The van der Waals surface area contributed by atoms with E-state index in [1.54, 1.807) is 0 Å². The van der Waals surface area contributed by atoms with Crippen LogP contribution in [0.4, 0.5) is 0 Å².